The highest BCUT2D eigenvalue weighted by molar-refractivity contribution is 7.89. The van der Waals surface area contributed by atoms with Crippen LogP contribution in [0.4, 0.5) is 4.39 Å². The van der Waals surface area contributed by atoms with Gasteiger partial charge in [0.15, 0.2) is 0 Å². The van der Waals surface area contributed by atoms with Crippen molar-refractivity contribution in [2.45, 2.75) is 37.6 Å². The van der Waals surface area contributed by atoms with Gasteiger partial charge in [-0.15, -0.1) is 0 Å². The van der Waals surface area contributed by atoms with Gasteiger partial charge in [-0.25, -0.2) is 12.8 Å². The predicted octanol–water partition coefficient (Wildman–Crippen LogP) is 3.27. The minimum absolute atomic E-state index is 0.121. The average molecular weight is 460 g/mol. The van der Waals surface area contributed by atoms with Gasteiger partial charge in [0.25, 0.3) is 5.91 Å². The van der Waals surface area contributed by atoms with Crippen LogP contribution in [0.3, 0.4) is 0 Å². The first kappa shape index (κ1) is 22.9. The summed E-state index contributed by atoms with van der Waals surface area (Å²) in [5, 5.41) is 0. The maximum atomic E-state index is 13.3. The molecule has 0 spiro atoms. The highest BCUT2D eigenvalue weighted by Crippen LogP contribution is 2.24. The molecule has 0 aliphatic carbocycles. The van der Waals surface area contributed by atoms with Crippen LogP contribution in [-0.2, 0) is 16.6 Å². The molecule has 0 saturated carbocycles. The Morgan fingerprint density at radius 3 is 2.34 bits per heavy atom. The van der Waals surface area contributed by atoms with Crippen LogP contribution in [-0.4, -0.2) is 67.7 Å². The maximum absolute atomic E-state index is 13.3. The molecule has 0 radical (unpaired) electrons. The van der Waals surface area contributed by atoms with Gasteiger partial charge >= 0.3 is 0 Å². The lowest BCUT2D eigenvalue weighted by Crippen LogP contribution is -2.35. The fourth-order valence-electron chi connectivity index (χ4n) is 4.42. The van der Waals surface area contributed by atoms with Crippen LogP contribution in [0.2, 0.25) is 0 Å². The molecule has 0 N–H and O–H groups in total. The summed E-state index contributed by atoms with van der Waals surface area (Å²) >= 11 is 0. The zero-order valence-corrected chi connectivity index (χ0v) is 19.3. The van der Waals surface area contributed by atoms with E-state index in [-0.39, 0.29) is 16.6 Å². The predicted molar refractivity (Wildman–Crippen MR) is 121 cm³/mol. The van der Waals surface area contributed by atoms with Crippen molar-refractivity contribution in [3.8, 4) is 0 Å². The number of amides is 1. The van der Waals surface area contributed by atoms with Gasteiger partial charge in [-0.1, -0.05) is 18.2 Å². The fourth-order valence-corrected chi connectivity index (χ4v) is 5.96. The van der Waals surface area contributed by atoms with E-state index in [9.17, 15) is 17.6 Å². The lowest BCUT2D eigenvalue weighted by atomic mass is 10.1. The van der Waals surface area contributed by atoms with Gasteiger partial charge in [0, 0.05) is 51.4 Å². The Bertz CT molecular complexity index is 1070. The quantitative estimate of drug-likeness (QED) is 0.689. The number of carbonyl (C=O) groups is 1. The third-order valence-electron chi connectivity index (χ3n) is 6.34. The zero-order valence-electron chi connectivity index (χ0n) is 18.5. The van der Waals surface area contributed by atoms with Crippen molar-refractivity contribution in [1.29, 1.82) is 0 Å². The molecule has 6 nitrogen and oxygen atoms in total. The van der Waals surface area contributed by atoms with Crippen molar-refractivity contribution in [2.75, 3.05) is 39.3 Å². The normalized spacial score (nSPS) is 18.6. The number of aryl methyl sites for hydroxylation is 1. The Morgan fingerprint density at radius 1 is 0.906 bits per heavy atom. The van der Waals surface area contributed by atoms with E-state index in [1.807, 2.05) is 11.8 Å². The Balaban J connectivity index is 1.46. The number of rotatable bonds is 5. The van der Waals surface area contributed by atoms with E-state index < -0.39 is 10.0 Å². The molecule has 2 aliphatic heterocycles. The van der Waals surface area contributed by atoms with Crippen LogP contribution in [0.5, 0.6) is 0 Å². The van der Waals surface area contributed by atoms with E-state index in [0.29, 0.717) is 44.8 Å². The van der Waals surface area contributed by atoms with Gasteiger partial charge in [-0.2, -0.15) is 4.31 Å². The van der Waals surface area contributed by atoms with Crippen LogP contribution in [0, 0.1) is 12.7 Å². The van der Waals surface area contributed by atoms with Crippen molar-refractivity contribution >= 4 is 15.9 Å². The van der Waals surface area contributed by atoms with Crippen LogP contribution in [0.25, 0.3) is 0 Å². The van der Waals surface area contributed by atoms with Gasteiger partial charge in [0.1, 0.15) is 5.82 Å². The Morgan fingerprint density at radius 2 is 1.62 bits per heavy atom. The smallest absolute Gasteiger partial charge is 0.254 e. The van der Waals surface area contributed by atoms with Gasteiger partial charge in [-0.05, 0) is 61.6 Å². The largest absolute Gasteiger partial charge is 0.337 e. The summed E-state index contributed by atoms with van der Waals surface area (Å²) in [6.07, 6.45) is 2.58. The molecule has 0 bridgehead atoms. The second-order valence-corrected chi connectivity index (χ2v) is 10.6. The monoisotopic (exact) mass is 459 g/mol. The van der Waals surface area contributed by atoms with E-state index in [1.54, 1.807) is 30.3 Å². The molecule has 0 unspecified atom stereocenters. The van der Waals surface area contributed by atoms with Crippen LogP contribution in [0.1, 0.15) is 40.7 Å². The molecule has 0 atom stereocenters. The van der Waals surface area contributed by atoms with Crippen molar-refractivity contribution in [3.05, 3.63) is 65.0 Å². The van der Waals surface area contributed by atoms with Crippen molar-refractivity contribution in [1.82, 2.24) is 14.1 Å². The number of carbonyl (C=O) groups excluding carboxylic acids is 1. The molecule has 1 amide bonds. The molecule has 2 aromatic carbocycles. The number of benzene rings is 2. The van der Waals surface area contributed by atoms with Crippen molar-refractivity contribution in [3.63, 3.8) is 0 Å². The maximum Gasteiger partial charge on any atom is 0.254 e. The van der Waals surface area contributed by atoms with Crippen molar-refractivity contribution < 1.29 is 17.6 Å². The first-order chi connectivity index (χ1) is 15.3. The molecule has 2 heterocycles. The minimum atomic E-state index is -3.57. The molecule has 2 saturated heterocycles. The van der Waals surface area contributed by atoms with Crippen LogP contribution in [0.15, 0.2) is 47.4 Å². The fraction of sp³-hybridized carbons (Fsp3) is 0.458. The first-order valence-corrected chi connectivity index (χ1v) is 12.7. The average Bonchev–Trinajstić information content (AvgIpc) is 3.23. The van der Waals surface area contributed by atoms with Gasteiger partial charge in [0.2, 0.25) is 10.0 Å². The second kappa shape index (κ2) is 9.68. The van der Waals surface area contributed by atoms with Crippen molar-refractivity contribution in [2.24, 2.45) is 0 Å². The Labute approximate surface area is 189 Å². The summed E-state index contributed by atoms with van der Waals surface area (Å²) in [7, 11) is -3.57. The topological polar surface area (TPSA) is 60.9 Å². The van der Waals surface area contributed by atoms with Gasteiger partial charge < -0.3 is 4.90 Å². The van der Waals surface area contributed by atoms with E-state index in [0.717, 1.165) is 36.9 Å². The molecule has 2 fully saturated rings. The highest BCUT2D eigenvalue weighted by Gasteiger charge is 2.29. The lowest BCUT2D eigenvalue weighted by Gasteiger charge is -2.23. The SMILES string of the molecule is Cc1ccc(S(=O)(=O)N2CCCC2)cc1C(=O)N1CCCN(Cc2ccc(F)cc2)CC1. The second-order valence-electron chi connectivity index (χ2n) is 8.64. The molecular formula is C24H30FN3O3S. The third-order valence-corrected chi connectivity index (χ3v) is 8.23. The standard InChI is InChI=1S/C24H30FN3O3S/c1-19-5-10-22(32(30,31)28-13-2-3-14-28)17-23(19)24(29)27-12-4-11-26(15-16-27)18-20-6-8-21(25)9-7-20/h5-10,17H,2-4,11-16,18H2,1H3. The number of hydrogen-bond acceptors (Lipinski definition) is 4. The summed E-state index contributed by atoms with van der Waals surface area (Å²) in [5.74, 6) is -0.365. The highest BCUT2D eigenvalue weighted by atomic mass is 32.2. The lowest BCUT2D eigenvalue weighted by molar-refractivity contribution is 0.0760. The number of halogens is 1. The zero-order chi connectivity index (χ0) is 22.7. The van der Waals surface area contributed by atoms with Crippen LogP contribution < -0.4 is 0 Å². The summed E-state index contributed by atoms with van der Waals surface area (Å²) < 4.78 is 40.6. The Kier molecular flexibility index (Phi) is 6.93. The minimum Gasteiger partial charge on any atom is -0.337 e. The number of sulfonamides is 1. The summed E-state index contributed by atoms with van der Waals surface area (Å²) in [6.45, 7) is 6.40. The van der Waals surface area contributed by atoms with Crippen LogP contribution >= 0.6 is 0 Å². The van der Waals surface area contributed by atoms with E-state index in [1.165, 1.54) is 16.4 Å². The van der Waals surface area contributed by atoms with E-state index in [4.69, 9.17) is 0 Å². The number of nitrogens with zero attached hydrogens (tertiary/aromatic N) is 3. The molecule has 8 heteroatoms. The first-order valence-electron chi connectivity index (χ1n) is 11.2. The molecule has 2 aromatic rings. The molecule has 32 heavy (non-hydrogen) atoms. The summed E-state index contributed by atoms with van der Waals surface area (Å²) in [6, 6.07) is 11.4. The van der Waals surface area contributed by atoms with E-state index >= 15 is 0 Å². The number of hydrogen-bond donors (Lipinski definition) is 0. The summed E-state index contributed by atoms with van der Waals surface area (Å²) in [5.41, 5.74) is 2.28. The Hall–Kier alpha value is -2.29. The summed E-state index contributed by atoms with van der Waals surface area (Å²) in [4.78, 5) is 17.6. The molecule has 2 aliphatic rings. The molecule has 0 aromatic heterocycles. The van der Waals surface area contributed by atoms with E-state index in [2.05, 4.69) is 4.90 Å². The molecule has 4 rings (SSSR count). The van der Waals surface area contributed by atoms with Gasteiger partial charge in [-0.3, -0.25) is 9.69 Å². The third kappa shape index (κ3) is 5.03. The molecular weight excluding hydrogens is 429 g/mol. The van der Waals surface area contributed by atoms with Gasteiger partial charge in [0.05, 0.1) is 4.90 Å². The molecule has 172 valence electrons.